The quantitative estimate of drug-likeness (QED) is 0.131. The predicted molar refractivity (Wildman–Crippen MR) is 116 cm³/mol. The van der Waals surface area contributed by atoms with Crippen LogP contribution in [0.1, 0.15) is 80.1 Å². The van der Waals surface area contributed by atoms with Crippen molar-refractivity contribution in [1.82, 2.24) is 0 Å². The Hall–Kier alpha value is -2.15. The van der Waals surface area contributed by atoms with Crippen LogP contribution in [0.3, 0.4) is 0 Å². The Morgan fingerprint density at radius 3 is 1.85 bits per heavy atom. The number of hydrogen-bond acceptors (Lipinski definition) is 2. The molecule has 0 aliphatic heterocycles. The van der Waals surface area contributed by atoms with Gasteiger partial charge in [-0.3, -0.25) is 0 Å². The van der Waals surface area contributed by atoms with Crippen molar-refractivity contribution >= 4 is 5.97 Å². The van der Waals surface area contributed by atoms with Gasteiger partial charge in [0.25, 0.3) is 0 Å². The second-order valence-electron chi connectivity index (χ2n) is 9.76. The van der Waals surface area contributed by atoms with Crippen molar-refractivity contribution in [2.45, 2.75) is 100 Å². The molecular weight excluding hydrogens is 560 g/mol. The second-order valence-corrected chi connectivity index (χ2v) is 9.76. The van der Waals surface area contributed by atoms with Crippen molar-refractivity contribution in [2.75, 3.05) is 6.61 Å². The third-order valence-corrected chi connectivity index (χ3v) is 7.01. The maximum absolute atomic E-state index is 13.9. The zero-order chi connectivity index (χ0) is 29.9. The minimum absolute atomic E-state index is 0.149. The minimum Gasteiger partial charge on any atom is -0.455 e. The monoisotopic (exact) mass is 588 g/mol. The summed E-state index contributed by atoms with van der Waals surface area (Å²) < 4.78 is 163. The molecule has 0 N–H and O–H groups in total. The number of esters is 1. The normalized spacial score (nSPS) is 19.8. The molecule has 0 amide bonds. The summed E-state index contributed by atoms with van der Waals surface area (Å²) in [7, 11) is 0. The van der Waals surface area contributed by atoms with E-state index in [1.807, 2.05) is 0 Å². The van der Waals surface area contributed by atoms with E-state index in [1.54, 1.807) is 0 Å². The Balaban J connectivity index is 2.04. The number of carbonyl (C=O) groups excluding carboxylic acids is 1. The van der Waals surface area contributed by atoms with Crippen LogP contribution >= 0.6 is 0 Å². The maximum atomic E-state index is 13.9. The van der Waals surface area contributed by atoms with Gasteiger partial charge in [-0.2, -0.15) is 43.9 Å². The lowest BCUT2D eigenvalue weighted by molar-refractivity contribution is -0.414. The molecule has 1 aromatic rings. The predicted octanol–water partition coefficient (Wildman–Crippen LogP) is 9.14. The third kappa shape index (κ3) is 6.61. The largest absolute Gasteiger partial charge is 0.455 e. The number of benzene rings is 1. The molecule has 1 aliphatic carbocycles. The first-order chi connectivity index (χ1) is 17.8. The fourth-order valence-electron chi connectivity index (χ4n) is 4.46. The summed E-state index contributed by atoms with van der Waals surface area (Å²) >= 11 is 0. The van der Waals surface area contributed by atoms with Gasteiger partial charge in [-0.15, -0.1) is 0 Å². The Morgan fingerprint density at radius 1 is 0.821 bits per heavy atom. The molecule has 1 aromatic carbocycles. The average Bonchev–Trinajstić information content (AvgIpc) is 2.87. The number of rotatable bonds is 13. The molecule has 0 aromatic heterocycles. The smallest absolute Gasteiger partial charge is 0.384 e. The van der Waals surface area contributed by atoms with E-state index in [9.17, 15) is 57.5 Å². The van der Waals surface area contributed by atoms with Gasteiger partial charge in [0.2, 0.25) is 0 Å². The molecule has 2 rings (SSSR count). The first-order valence-corrected chi connectivity index (χ1v) is 12.3. The molecular formula is C25H28F12O2. The number of halogens is 12. The highest BCUT2D eigenvalue weighted by Gasteiger charge is 2.87. The molecule has 0 spiro atoms. The van der Waals surface area contributed by atoms with Crippen molar-refractivity contribution in [3.8, 4) is 0 Å². The van der Waals surface area contributed by atoms with E-state index in [2.05, 4.69) is 11.7 Å². The standard InChI is InChI=1S/C25H28F12O2/c1-2-3-4-5-15-6-8-16(9-7-15)17-10-12-18(13-11-17)19(38)39-14-21(28,29)23(32,33)25(36,37)24(34,35)22(30,31)20(26)27/h10-13,15-16,20H,2-9,14H2,1H3/t15-,16-. The van der Waals surface area contributed by atoms with Gasteiger partial charge in [0, 0.05) is 0 Å². The zero-order valence-electron chi connectivity index (χ0n) is 20.8. The highest BCUT2D eigenvalue weighted by molar-refractivity contribution is 5.89. The molecule has 0 bridgehead atoms. The van der Waals surface area contributed by atoms with Crippen molar-refractivity contribution in [2.24, 2.45) is 5.92 Å². The third-order valence-electron chi connectivity index (χ3n) is 7.01. The van der Waals surface area contributed by atoms with Gasteiger partial charge in [0.1, 0.15) is 0 Å². The SMILES string of the molecule is CCCCC[C@H]1CC[C@H](c2ccc(C(=O)OCC(F)(F)C(F)(F)C(F)(F)C(F)(F)C(F)(F)C(F)F)cc2)CC1. The van der Waals surface area contributed by atoms with Crippen LogP contribution in [0.4, 0.5) is 52.7 Å². The molecule has 0 saturated heterocycles. The lowest BCUT2D eigenvalue weighted by atomic mass is 9.77. The lowest BCUT2D eigenvalue weighted by Gasteiger charge is -2.38. The molecule has 14 heteroatoms. The number of alkyl halides is 12. The maximum Gasteiger partial charge on any atom is 0.384 e. The van der Waals surface area contributed by atoms with Crippen molar-refractivity contribution < 1.29 is 62.2 Å². The molecule has 224 valence electrons. The molecule has 0 unspecified atom stereocenters. The van der Waals surface area contributed by atoms with Gasteiger partial charge < -0.3 is 4.74 Å². The average molecular weight is 588 g/mol. The Morgan fingerprint density at radius 2 is 1.36 bits per heavy atom. The van der Waals surface area contributed by atoms with Crippen LogP contribution in [0.5, 0.6) is 0 Å². The minimum atomic E-state index is -7.66. The number of carbonyl (C=O) groups is 1. The van der Waals surface area contributed by atoms with E-state index < -0.39 is 54.2 Å². The van der Waals surface area contributed by atoms with Crippen LogP contribution < -0.4 is 0 Å². The molecule has 39 heavy (non-hydrogen) atoms. The molecule has 1 saturated carbocycles. The summed E-state index contributed by atoms with van der Waals surface area (Å²) in [4.78, 5) is 12.0. The van der Waals surface area contributed by atoms with Gasteiger partial charge >= 0.3 is 42.0 Å². The molecule has 2 nitrogen and oxygen atoms in total. The van der Waals surface area contributed by atoms with Crippen LogP contribution in [0.15, 0.2) is 24.3 Å². The molecule has 1 aliphatic rings. The summed E-state index contributed by atoms with van der Waals surface area (Å²) in [5.41, 5.74) is 0.338. The highest BCUT2D eigenvalue weighted by atomic mass is 19.4. The fourth-order valence-corrected chi connectivity index (χ4v) is 4.46. The van der Waals surface area contributed by atoms with Gasteiger partial charge in [-0.05, 0) is 55.2 Å². The summed E-state index contributed by atoms with van der Waals surface area (Å²) in [6.07, 6.45) is 2.70. The van der Waals surface area contributed by atoms with Gasteiger partial charge in [-0.25, -0.2) is 13.6 Å². The van der Waals surface area contributed by atoms with E-state index in [-0.39, 0.29) is 5.92 Å². The molecule has 0 atom stereocenters. The van der Waals surface area contributed by atoms with E-state index in [0.29, 0.717) is 5.92 Å². The van der Waals surface area contributed by atoms with Crippen LogP contribution in [-0.4, -0.2) is 48.6 Å². The summed E-state index contributed by atoms with van der Waals surface area (Å²) in [6.45, 7) is -0.810. The highest BCUT2D eigenvalue weighted by Crippen LogP contribution is 2.58. The van der Waals surface area contributed by atoms with E-state index >= 15 is 0 Å². The van der Waals surface area contributed by atoms with E-state index in [4.69, 9.17) is 0 Å². The Bertz CT molecular complexity index is 939. The van der Waals surface area contributed by atoms with Crippen LogP contribution in [0.2, 0.25) is 0 Å². The van der Waals surface area contributed by atoms with E-state index in [1.165, 1.54) is 12.1 Å². The van der Waals surface area contributed by atoms with E-state index in [0.717, 1.165) is 69.1 Å². The van der Waals surface area contributed by atoms with Crippen LogP contribution in [-0.2, 0) is 4.74 Å². The van der Waals surface area contributed by atoms with Crippen molar-refractivity contribution in [3.05, 3.63) is 35.4 Å². The summed E-state index contributed by atoms with van der Waals surface area (Å²) in [6, 6.07) is 5.14. The first-order valence-electron chi connectivity index (χ1n) is 12.3. The van der Waals surface area contributed by atoms with Crippen LogP contribution in [0, 0.1) is 5.92 Å². The van der Waals surface area contributed by atoms with Crippen molar-refractivity contribution in [3.63, 3.8) is 0 Å². The summed E-state index contributed by atoms with van der Waals surface area (Å²) in [5.74, 6) is -37.0. The van der Waals surface area contributed by atoms with Gasteiger partial charge in [-0.1, -0.05) is 44.7 Å². The topological polar surface area (TPSA) is 26.3 Å². The second kappa shape index (κ2) is 12.2. The first kappa shape index (κ1) is 33.1. The number of ether oxygens (including phenoxy) is 1. The Kier molecular flexibility index (Phi) is 10.3. The van der Waals surface area contributed by atoms with Gasteiger partial charge in [0.15, 0.2) is 6.61 Å². The molecule has 0 radical (unpaired) electrons. The summed E-state index contributed by atoms with van der Waals surface area (Å²) in [5, 5.41) is 0. The number of unbranched alkanes of at least 4 members (excludes halogenated alkanes) is 2. The zero-order valence-corrected chi connectivity index (χ0v) is 20.8. The molecule has 1 fully saturated rings. The van der Waals surface area contributed by atoms with Gasteiger partial charge in [0.05, 0.1) is 5.56 Å². The lowest BCUT2D eigenvalue weighted by Crippen LogP contribution is -2.69. The Labute approximate surface area is 217 Å². The van der Waals surface area contributed by atoms with Crippen molar-refractivity contribution in [1.29, 1.82) is 0 Å². The molecule has 0 heterocycles. The number of hydrogen-bond donors (Lipinski definition) is 0. The van der Waals surface area contributed by atoms with Crippen LogP contribution in [0.25, 0.3) is 0 Å². The fraction of sp³-hybridized carbons (Fsp3) is 0.720.